The van der Waals surface area contributed by atoms with Gasteiger partial charge in [0.1, 0.15) is 6.04 Å². The van der Waals surface area contributed by atoms with E-state index in [2.05, 4.69) is 0 Å². The Morgan fingerprint density at radius 2 is 2.22 bits per heavy atom. The highest BCUT2D eigenvalue weighted by atomic mass is 32.2. The van der Waals surface area contributed by atoms with E-state index in [0.717, 1.165) is 0 Å². The second-order valence-corrected chi connectivity index (χ2v) is 3.62. The molecule has 0 aliphatic carbocycles. The minimum Gasteiger partial charge on any atom is -0.319 e. The van der Waals surface area contributed by atoms with Gasteiger partial charge in [-0.15, -0.1) is 0 Å². The molecule has 0 unspecified atom stereocenters. The predicted octanol–water partition coefficient (Wildman–Crippen LogP) is -2.23. The van der Waals surface area contributed by atoms with E-state index in [1.807, 2.05) is 0 Å². The molecule has 0 aromatic heterocycles. The molecule has 0 aromatic rings. The van der Waals surface area contributed by atoms with Gasteiger partial charge in [-0.2, -0.15) is 0 Å². The van der Waals surface area contributed by atoms with Gasteiger partial charge in [0.2, 0.25) is 10.0 Å². The molecule has 1 aliphatic rings. The van der Waals surface area contributed by atoms with Crippen LogP contribution in [0.15, 0.2) is 0 Å². The molecule has 1 amide bonds. The first-order valence-electron chi connectivity index (χ1n) is 2.31. The third kappa shape index (κ3) is 1.19. The maximum absolute atomic E-state index is 10.4. The fraction of sp³-hybridized carbons (Fsp3) is 0.667. The van der Waals surface area contributed by atoms with Crippen LogP contribution in [0, 0.1) is 0 Å². The smallest absolute Gasteiger partial charge is 0.251 e. The lowest BCUT2D eigenvalue weighted by molar-refractivity contribution is -0.119. The lowest BCUT2D eigenvalue weighted by Crippen LogP contribution is -2.31. The van der Waals surface area contributed by atoms with Crippen LogP contribution in [0.5, 0.6) is 0 Å². The second-order valence-electron chi connectivity index (χ2n) is 1.85. The van der Waals surface area contributed by atoms with Crippen molar-refractivity contribution in [3.05, 3.63) is 0 Å². The van der Waals surface area contributed by atoms with Crippen molar-refractivity contribution >= 4 is 15.9 Å². The lowest BCUT2D eigenvalue weighted by atomic mass is 10.4. The Morgan fingerprint density at radius 3 is 2.33 bits per heavy atom. The third-order valence-corrected chi connectivity index (χ3v) is 2.30. The number of amides is 1. The zero-order chi connectivity index (χ0) is 7.07. The quantitative estimate of drug-likeness (QED) is 0.409. The molecule has 0 spiro atoms. The van der Waals surface area contributed by atoms with Gasteiger partial charge in [-0.1, -0.05) is 0 Å². The Kier molecular flexibility index (Phi) is 1.21. The third-order valence-electron chi connectivity index (χ3n) is 0.992. The summed E-state index contributed by atoms with van der Waals surface area (Å²) in [5.41, 5.74) is 5.06. The van der Waals surface area contributed by atoms with Crippen LogP contribution in [0.25, 0.3) is 0 Å². The van der Waals surface area contributed by atoms with Crippen molar-refractivity contribution in [2.75, 3.05) is 5.75 Å². The van der Waals surface area contributed by atoms with E-state index in [4.69, 9.17) is 5.73 Å². The largest absolute Gasteiger partial charge is 0.319 e. The molecular formula is C3H6N2O3S. The van der Waals surface area contributed by atoms with Crippen LogP contribution in [0.1, 0.15) is 0 Å². The van der Waals surface area contributed by atoms with Crippen molar-refractivity contribution in [2.24, 2.45) is 5.73 Å². The fourth-order valence-corrected chi connectivity index (χ4v) is 1.75. The molecule has 1 atom stereocenters. The molecule has 1 fully saturated rings. The summed E-state index contributed by atoms with van der Waals surface area (Å²) < 4.78 is 22.6. The normalized spacial score (nSPS) is 32.1. The molecule has 0 aromatic carbocycles. The number of carbonyl (C=O) groups excluding carboxylic acids is 1. The van der Waals surface area contributed by atoms with Crippen LogP contribution in [0.2, 0.25) is 0 Å². The molecule has 0 saturated carbocycles. The number of carbonyl (C=O) groups is 1. The molecule has 3 N–H and O–H groups in total. The zero-order valence-electron chi connectivity index (χ0n) is 4.49. The molecule has 6 heteroatoms. The maximum Gasteiger partial charge on any atom is 0.251 e. The van der Waals surface area contributed by atoms with Crippen LogP contribution < -0.4 is 10.5 Å². The summed E-state index contributed by atoms with van der Waals surface area (Å²) in [6.07, 6.45) is 0. The molecule has 0 bridgehead atoms. The van der Waals surface area contributed by atoms with Gasteiger partial charge in [0.25, 0.3) is 5.91 Å². The topological polar surface area (TPSA) is 89.3 Å². The van der Waals surface area contributed by atoms with E-state index >= 15 is 0 Å². The van der Waals surface area contributed by atoms with E-state index in [-0.39, 0.29) is 5.75 Å². The van der Waals surface area contributed by atoms with Crippen molar-refractivity contribution in [2.45, 2.75) is 6.04 Å². The first-order chi connectivity index (χ1) is 4.01. The standard InChI is InChI=1S/C3H6N2O3S/c4-2-1-9(7,8)5-3(2)6/h2H,1,4H2,(H,5,6)/t2-/m1/s1. The Bertz CT molecular complexity index is 231. The monoisotopic (exact) mass is 150 g/mol. The molecule has 9 heavy (non-hydrogen) atoms. The number of nitrogens with one attached hydrogen (secondary N) is 1. The lowest BCUT2D eigenvalue weighted by Gasteiger charge is -1.88. The molecule has 5 nitrogen and oxygen atoms in total. The van der Waals surface area contributed by atoms with E-state index in [1.165, 1.54) is 0 Å². The first-order valence-corrected chi connectivity index (χ1v) is 3.96. The Morgan fingerprint density at radius 1 is 1.67 bits per heavy atom. The number of nitrogens with two attached hydrogens (primary N) is 1. The minimum atomic E-state index is -3.37. The van der Waals surface area contributed by atoms with Gasteiger partial charge in [0.15, 0.2) is 0 Å². The van der Waals surface area contributed by atoms with E-state index in [9.17, 15) is 13.2 Å². The van der Waals surface area contributed by atoms with E-state index < -0.39 is 22.0 Å². The number of rotatable bonds is 0. The van der Waals surface area contributed by atoms with E-state index in [0.29, 0.717) is 0 Å². The molecule has 1 heterocycles. The van der Waals surface area contributed by atoms with Crippen molar-refractivity contribution in [3.63, 3.8) is 0 Å². The van der Waals surface area contributed by atoms with Crippen LogP contribution in [0.4, 0.5) is 0 Å². The SMILES string of the molecule is N[C@@H]1CS(=O)(=O)NC1=O. The molecule has 1 rings (SSSR count). The average molecular weight is 150 g/mol. The number of hydrogen-bond acceptors (Lipinski definition) is 4. The van der Waals surface area contributed by atoms with Gasteiger partial charge in [-0.25, -0.2) is 8.42 Å². The molecule has 1 saturated heterocycles. The van der Waals surface area contributed by atoms with Crippen molar-refractivity contribution < 1.29 is 13.2 Å². The van der Waals surface area contributed by atoms with Crippen molar-refractivity contribution in [3.8, 4) is 0 Å². The van der Waals surface area contributed by atoms with Gasteiger partial charge >= 0.3 is 0 Å². The summed E-state index contributed by atoms with van der Waals surface area (Å²) >= 11 is 0. The van der Waals surface area contributed by atoms with E-state index in [1.54, 1.807) is 4.72 Å². The Labute approximate surface area is 52.3 Å². The van der Waals surface area contributed by atoms with Crippen LogP contribution in [-0.4, -0.2) is 26.1 Å². The highest BCUT2D eigenvalue weighted by Crippen LogP contribution is 1.97. The number of hydrogen-bond donors (Lipinski definition) is 2. The average Bonchev–Trinajstić information content (AvgIpc) is 1.79. The van der Waals surface area contributed by atoms with Gasteiger partial charge in [0.05, 0.1) is 5.75 Å². The maximum atomic E-state index is 10.4. The highest BCUT2D eigenvalue weighted by molar-refractivity contribution is 7.90. The van der Waals surface area contributed by atoms with Crippen molar-refractivity contribution in [1.29, 1.82) is 0 Å². The summed E-state index contributed by atoms with van der Waals surface area (Å²) in [4.78, 5) is 10.4. The molecular weight excluding hydrogens is 144 g/mol. The summed E-state index contributed by atoms with van der Waals surface area (Å²) in [5.74, 6) is -0.902. The fourth-order valence-electron chi connectivity index (χ4n) is 0.583. The van der Waals surface area contributed by atoms with Gasteiger partial charge in [0, 0.05) is 0 Å². The van der Waals surface area contributed by atoms with Crippen LogP contribution in [-0.2, 0) is 14.8 Å². The number of sulfonamides is 1. The molecule has 1 aliphatic heterocycles. The molecule has 52 valence electrons. The highest BCUT2D eigenvalue weighted by Gasteiger charge is 2.31. The molecule has 0 radical (unpaired) electrons. The first kappa shape index (κ1) is 6.50. The summed E-state index contributed by atoms with van der Waals surface area (Å²) in [6.45, 7) is 0. The Hall–Kier alpha value is -0.620. The minimum absolute atomic E-state index is 0.286. The predicted molar refractivity (Wildman–Crippen MR) is 29.9 cm³/mol. The summed E-state index contributed by atoms with van der Waals surface area (Å²) in [6, 6.07) is -0.880. The van der Waals surface area contributed by atoms with Crippen molar-refractivity contribution in [1.82, 2.24) is 4.72 Å². The van der Waals surface area contributed by atoms with Gasteiger partial charge < -0.3 is 5.73 Å². The van der Waals surface area contributed by atoms with Crippen LogP contribution >= 0.6 is 0 Å². The summed E-state index contributed by atoms with van der Waals surface area (Å²) in [5, 5.41) is 0. The zero-order valence-corrected chi connectivity index (χ0v) is 5.31. The van der Waals surface area contributed by atoms with Gasteiger partial charge in [-0.3, -0.25) is 9.52 Å². The Balaban J connectivity index is 2.90. The van der Waals surface area contributed by atoms with Gasteiger partial charge in [-0.05, 0) is 0 Å². The summed E-state index contributed by atoms with van der Waals surface area (Å²) in [7, 11) is -3.37. The van der Waals surface area contributed by atoms with Crippen LogP contribution in [0.3, 0.4) is 0 Å². The second kappa shape index (κ2) is 1.68.